The van der Waals surface area contributed by atoms with E-state index in [4.69, 9.17) is 4.74 Å². The first kappa shape index (κ1) is 12.1. The van der Waals surface area contributed by atoms with Crippen molar-refractivity contribution in [1.29, 1.82) is 0 Å². The number of ether oxygens (including phenoxy) is 1. The van der Waals surface area contributed by atoms with Crippen LogP contribution in [0.3, 0.4) is 0 Å². The predicted molar refractivity (Wildman–Crippen MR) is 65.2 cm³/mol. The number of rotatable bonds is 2. The van der Waals surface area contributed by atoms with Crippen molar-refractivity contribution in [1.82, 2.24) is 0 Å². The molecule has 18 heavy (non-hydrogen) atoms. The van der Waals surface area contributed by atoms with Gasteiger partial charge in [0.25, 0.3) is 0 Å². The lowest BCUT2D eigenvalue weighted by molar-refractivity contribution is -0.113. The number of hydrogen-bond donors (Lipinski definition) is 3. The second-order valence-corrected chi connectivity index (χ2v) is 5.44. The predicted octanol–water partition coefficient (Wildman–Crippen LogP) is 0.113. The Labute approximate surface area is 106 Å². The Balaban J connectivity index is 1.91. The van der Waals surface area contributed by atoms with Crippen LogP contribution in [0.5, 0.6) is 0 Å². The lowest BCUT2D eigenvalue weighted by Gasteiger charge is -2.33. The average molecular weight is 250 g/mol. The first-order valence-electron chi connectivity index (χ1n) is 6.32. The second kappa shape index (κ2) is 4.03. The number of aliphatic hydroxyl groups is 3. The van der Waals surface area contributed by atoms with Crippen LogP contribution in [0.1, 0.15) is 23.6 Å². The Kier molecular flexibility index (Phi) is 2.71. The molecule has 1 fully saturated rings. The lowest BCUT2D eigenvalue weighted by Crippen LogP contribution is -2.45. The van der Waals surface area contributed by atoms with Gasteiger partial charge in [0.2, 0.25) is 0 Å². The maximum absolute atomic E-state index is 10.6. The molecule has 3 N–H and O–H groups in total. The molecule has 2 aliphatic rings. The van der Waals surface area contributed by atoms with Crippen LogP contribution in [0, 0.1) is 0 Å². The summed E-state index contributed by atoms with van der Waals surface area (Å²) in [6.07, 6.45) is -0.626. The van der Waals surface area contributed by atoms with Crippen LogP contribution in [-0.2, 0) is 23.2 Å². The Morgan fingerprint density at radius 2 is 1.94 bits per heavy atom. The van der Waals surface area contributed by atoms with E-state index < -0.39 is 23.9 Å². The van der Waals surface area contributed by atoms with Crippen molar-refractivity contribution in [3.63, 3.8) is 0 Å². The van der Waals surface area contributed by atoms with Crippen LogP contribution in [0.25, 0.3) is 0 Å². The molecule has 0 amide bonds. The molecule has 0 spiro atoms. The zero-order valence-corrected chi connectivity index (χ0v) is 10.3. The van der Waals surface area contributed by atoms with Crippen LogP contribution in [0.2, 0.25) is 0 Å². The zero-order valence-electron chi connectivity index (χ0n) is 10.3. The molecule has 1 aromatic carbocycles. The van der Waals surface area contributed by atoms with Gasteiger partial charge < -0.3 is 20.1 Å². The minimum atomic E-state index is -1.29. The minimum Gasteiger partial charge on any atom is -0.388 e. The molecule has 0 aromatic heterocycles. The molecule has 3 rings (SSSR count). The number of hydrogen-bond acceptors (Lipinski definition) is 4. The average Bonchev–Trinajstić information content (AvgIpc) is 2.62. The highest BCUT2D eigenvalue weighted by molar-refractivity contribution is 5.41. The molecular formula is C14H18O4. The van der Waals surface area contributed by atoms with E-state index >= 15 is 0 Å². The van der Waals surface area contributed by atoms with Gasteiger partial charge in [-0.25, -0.2) is 0 Å². The van der Waals surface area contributed by atoms with Gasteiger partial charge in [-0.05, 0) is 36.5 Å². The van der Waals surface area contributed by atoms with Crippen molar-refractivity contribution in [3.8, 4) is 0 Å². The molecule has 4 atom stereocenters. The van der Waals surface area contributed by atoms with E-state index in [1.165, 1.54) is 11.1 Å². The van der Waals surface area contributed by atoms with E-state index in [-0.39, 0.29) is 6.61 Å². The molecule has 1 aliphatic heterocycles. The SMILES string of the molecule is C[C@@](O)(c1ccc2c(c1)CC2)C1OCC(O)C1O. The molecule has 1 heterocycles. The van der Waals surface area contributed by atoms with Crippen molar-refractivity contribution >= 4 is 0 Å². The normalized spacial score (nSPS) is 33.7. The van der Waals surface area contributed by atoms with Crippen LogP contribution in [-0.4, -0.2) is 40.2 Å². The quantitative estimate of drug-likeness (QED) is 0.697. The number of aryl methyl sites for hydroxylation is 2. The highest BCUT2D eigenvalue weighted by atomic mass is 16.5. The summed E-state index contributed by atoms with van der Waals surface area (Å²) in [4.78, 5) is 0. The molecule has 0 radical (unpaired) electrons. The topological polar surface area (TPSA) is 69.9 Å². The molecule has 4 heteroatoms. The fourth-order valence-corrected chi connectivity index (χ4v) is 2.77. The van der Waals surface area contributed by atoms with Crippen molar-refractivity contribution in [2.24, 2.45) is 0 Å². The van der Waals surface area contributed by atoms with E-state index in [0.717, 1.165) is 18.4 Å². The van der Waals surface area contributed by atoms with Gasteiger partial charge in [0, 0.05) is 0 Å². The summed E-state index contributed by atoms with van der Waals surface area (Å²) >= 11 is 0. The van der Waals surface area contributed by atoms with Crippen LogP contribution < -0.4 is 0 Å². The number of aliphatic hydroxyl groups excluding tert-OH is 2. The minimum absolute atomic E-state index is 0.0624. The molecule has 0 saturated carbocycles. The third-order valence-corrected chi connectivity index (χ3v) is 4.16. The lowest BCUT2D eigenvalue weighted by atomic mass is 9.81. The Morgan fingerprint density at radius 1 is 1.22 bits per heavy atom. The van der Waals surface area contributed by atoms with Gasteiger partial charge in [-0.15, -0.1) is 0 Å². The molecule has 0 bridgehead atoms. The van der Waals surface area contributed by atoms with E-state index in [9.17, 15) is 15.3 Å². The van der Waals surface area contributed by atoms with E-state index in [1.807, 2.05) is 18.2 Å². The highest BCUT2D eigenvalue weighted by Gasteiger charge is 2.47. The molecule has 3 unspecified atom stereocenters. The van der Waals surface area contributed by atoms with Gasteiger partial charge in [-0.2, -0.15) is 0 Å². The molecule has 98 valence electrons. The maximum Gasteiger partial charge on any atom is 0.119 e. The van der Waals surface area contributed by atoms with Gasteiger partial charge in [-0.3, -0.25) is 0 Å². The maximum atomic E-state index is 10.6. The van der Waals surface area contributed by atoms with Gasteiger partial charge in [-0.1, -0.05) is 18.2 Å². The van der Waals surface area contributed by atoms with E-state index in [1.54, 1.807) is 6.92 Å². The van der Waals surface area contributed by atoms with Gasteiger partial charge >= 0.3 is 0 Å². The summed E-state index contributed by atoms with van der Waals surface area (Å²) in [7, 11) is 0. The van der Waals surface area contributed by atoms with Gasteiger partial charge in [0.1, 0.15) is 23.9 Å². The molecule has 1 aliphatic carbocycles. The molecule has 1 saturated heterocycles. The Bertz CT molecular complexity index is 469. The molecule has 1 aromatic rings. The largest absolute Gasteiger partial charge is 0.388 e. The molecular weight excluding hydrogens is 232 g/mol. The number of fused-ring (bicyclic) bond motifs is 1. The van der Waals surface area contributed by atoms with Crippen molar-refractivity contribution < 1.29 is 20.1 Å². The van der Waals surface area contributed by atoms with E-state index in [2.05, 4.69) is 0 Å². The highest BCUT2D eigenvalue weighted by Crippen LogP contribution is 2.35. The fraction of sp³-hybridized carbons (Fsp3) is 0.571. The summed E-state index contributed by atoms with van der Waals surface area (Å²) in [5.74, 6) is 0. The third kappa shape index (κ3) is 1.68. The van der Waals surface area contributed by atoms with Gasteiger partial charge in [0.15, 0.2) is 0 Å². The van der Waals surface area contributed by atoms with Crippen LogP contribution >= 0.6 is 0 Å². The van der Waals surface area contributed by atoms with Crippen LogP contribution in [0.15, 0.2) is 18.2 Å². The third-order valence-electron chi connectivity index (χ3n) is 4.16. The standard InChI is InChI=1S/C14H18O4/c1-14(17,13-12(16)11(15)7-18-13)10-5-4-8-2-3-9(8)6-10/h4-6,11-13,15-17H,2-3,7H2,1H3/t11?,12?,13?,14-/m1/s1. The fourth-order valence-electron chi connectivity index (χ4n) is 2.77. The first-order chi connectivity index (χ1) is 8.50. The number of benzene rings is 1. The summed E-state index contributed by atoms with van der Waals surface area (Å²) in [6, 6.07) is 5.86. The smallest absolute Gasteiger partial charge is 0.119 e. The summed E-state index contributed by atoms with van der Waals surface area (Å²) in [5.41, 5.74) is 2.02. The zero-order chi connectivity index (χ0) is 12.9. The summed E-state index contributed by atoms with van der Waals surface area (Å²) < 4.78 is 5.33. The van der Waals surface area contributed by atoms with Crippen molar-refractivity contribution in [3.05, 3.63) is 34.9 Å². The monoisotopic (exact) mass is 250 g/mol. The summed E-state index contributed by atoms with van der Waals surface area (Å²) in [5, 5.41) is 30.0. The molecule has 4 nitrogen and oxygen atoms in total. The summed E-state index contributed by atoms with van der Waals surface area (Å²) in [6.45, 7) is 1.69. The van der Waals surface area contributed by atoms with E-state index in [0.29, 0.717) is 0 Å². The first-order valence-corrected chi connectivity index (χ1v) is 6.32. The van der Waals surface area contributed by atoms with Crippen molar-refractivity contribution in [2.75, 3.05) is 6.61 Å². The van der Waals surface area contributed by atoms with Gasteiger partial charge in [0.05, 0.1) is 6.61 Å². The second-order valence-electron chi connectivity index (χ2n) is 5.44. The Morgan fingerprint density at radius 3 is 2.44 bits per heavy atom. The van der Waals surface area contributed by atoms with Crippen LogP contribution in [0.4, 0.5) is 0 Å². The Hall–Kier alpha value is -0.940. The van der Waals surface area contributed by atoms with Crippen molar-refractivity contribution in [2.45, 2.75) is 43.7 Å².